The fourth-order valence-electron chi connectivity index (χ4n) is 1.43. The van der Waals surface area contributed by atoms with E-state index >= 15 is 0 Å². The number of halogens is 2. The number of nitrogens with one attached hydrogen (secondary N) is 1. The normalized spacial score (nSPS) is 10.4. The molecule has 0 aliphatic heterocycles. The minimum atomic E-state index is 0.634. The molecule has 2 rings (SSSR count). The summed E-state index contributed by atoms with van der Waals surface area (Å²) in [5.74, 6) is 0.874. The molecule has 16 heavy (non-hydrogen) atoms. The SMILES string of the molecule is Cc1c(Cl)cccc1NCc1occc1Br. The summed E-state index contributed by atoms with van der Waals surface area (Å²) in [6.07, 6.45) is 1.66. The van der Waals surface area contributed by atoms with Crippen molar-refractivity contribution in [2.45, 2.75) is 13.5 Å². The molecule has 0 atom stereocenters. The van der Waals surface area contributed by atoms with Crippen molar-refractivity contribution in [2.24, 2.45) is 0 Å². The predicted molar refractivity (Wildman–Crippen MR) is 69.9 cm³/mol. The Labute approximate surface area is 108 Å². The van der Waals surface area contributed by atoms with E-state index in [0.29, 0.717) is 6.54 Å². The van der Waals surface area contributed by atoms with Crippen molar-refractivity contribution in [1.29, 1.82) is 0 Å². The molecule has 84 valence electrons. The molecule has 0 radical (unpaired) electrons. The second-order valence-electron chi connectivity index (χ2n) is 3.46. The molecule has 0 saturated carbocycles. The Hall–Kier alpha value is -0.930. The Morgan fingerprint density at radius 1 is 1.38 bits per heavy atom. The van der Waals surface area contributed by atoms with Crippen LogP contribution in [0.15, 0.2) is 39.4 Å². The molecule has 1 aromatic carbocycles. The van der Waals surface area contributed by atoms with Gasteiger partial charge in [0.25, 0.3) is 0 Å². The van der Waals surface area contributed by atoms with Gasteiger partial charge in [-0.1, -0.05) is 17.7 Å². The molecule has 0 spiro atoms. The van der Waals surface area contributed by atoms with Gasteiger partial charge in [0.05, 0.1) is 17.3 Å². The maximum atomic E-state index is 6.03. The highest BCUT2D eigenvalue weighted by molar-refractivity contribution is 9.10. The smallest absolute Gasteiger partial charge is 0.136 e. The standard InChI is InChI=1S/C12H11BrClNO/c1-8-10(14)3-2-4-11(8)15-7-12-9(13)5-6-16-12/h2-6,15H,7H2,1H3. The third kappa shape index (κ3) is 2.42. The first-order chi connectivity index (χ1) is 7.68. The molecule has 0 aliphatic rings. The van der Waals surface area contributed by atoms with E-state index in [1.165, 1.54) is 0 Å². The summed E-state index contributed by atoms with van der Waals surface area (Å²) >= 11 is 9.45. The number of hydrogen-bond donors (Lipinski definition) is 1. The Morgan fingerprint density at radius 2 is 2.19 bits per heavy atom. The van der Waals surface area contributed by atoms with Crippen LogP contribution < -0.4 is 5.32 Å². The quantitative estimate of drug-likeness (QED) is 0.895. The Morgan fingerprint density at radius 3 is 2.88 bits per heavy atom. The first-order valence-electron chi connectivity index (χ1n) is 4.89. The van der Waals surface area contributed by atoms with Crippen LogP contribution in [0.25, 0.3) is 0 Å². The highest BCUT2D eigenvalue weighted by atomic mass is 79.9. The first-order valence-corrected chi connectivity index (χ1v) is 6.06. The summed E-state index contributed by atoms with van der Waals surface area (Å²) in [6, 6.07) is 7.68. The molecule has 1 N–H and O–H groups in total. The predicted octanol–water partition coefficient (Wildman–Crippen LogP) is 4.62. The van der Waals surface area contributed by atoms with Crippen molar-refractivity contribution in [3.05, 3.63) is 51.3 Å². The van der Waals surface area contributed by atoms with Gasteiger partial charge in [0.15, 0.2) is 0 Å². The average Bonchev–Trinajstić information content (AvgIpc) is 2.67. The molecule has 1 heterocycles. The summed E-state index contributed by atoms with van der Waals surface area (Å²) in [7, 11) is 0. The molecule has 4 heteroatoms. The number of rotatable bonds is 3. The zero-order chi connectivity index (χ0) is 11.5. The second kappa shape index (κ2) is 4.93. The van der Waals surface area contributed by atoms with Crippen LogP contribution in [0, 0.1) is 6.92 Å². The third-order valence-electron chi connectivity index (χ3n) is 2.40. The molecule has 0 aliphatic carbocycles. The lowest BCUT2D eigenvalue weighted by Gasteiger charge is -2.09. The Balaban J connectivity index is 2.11. The summed E-state index contributed by atoms with van der Waals surface area (Å²) in [5, 5.41) is 4.06. The molecule has 0 fully saturated rings. The van der Waals surface area contributed by atoms with Gasteiger partial charge in [0, 0.05) is 10.7 Å². The molecular formula is C12H11BrClNO. The van der Waals surface area contributed by atoms with E-state index in [9.17, 15) is 0 Å². The molecule has 0 unspecified atom stereocenters. The van der Waals surface area contributed by atoms with Crippen LogP contribution in [0.3, 0.4) is 0 Å². The number of benzene rings is 1. The molecule has 0 bridgehead atoms. The van der Waals surface area contributed by atoms with Gasteiger partial charge in [-0.05, 0) is 46.6 Å². The van der Waals surface area contributed by atoms with E-state index in [-0.39, 0.29) is 0 Å². The van der Waals surface area contributed by atoms with Gasteiger partial charge < -0.3 is 9.73 Å². The van der Waals surface area contributed by atoms with E-state index in [0.717, 1.165) is 26.5 Å². The lowest BCUT2D eigenvalue weighted by Crippen LogP contribution is -2.00. The van der Waals surface area contributed by atoms with E-state index in [2.05, 4.69) is 21.2 Å². The zero-order valence-corrected chi connectivity index (χ0v) is 11.1. The average molecular weight is 301 g/mol. The Bertz CT molecular complexity index is 496. The van der Waals surface area contributed by atoms with Gasteiger partial charge in [0.1, 0.15) is 5.76 Å². The number of furan rings is 1. The minimum absolute atomic E-state index is 0.634. The third-order valence-corrected chi connectivity index (χ3v) is 3.51. The number of hydrogen-bond acceptors (Lipinski definition) is 2. The first kappa shape index (κ1) is 11.6. The fraction of sp³-hybridized carbons (Fsp3) is 0.167. The van der Waals surface area contributed by atoms with Gasteiger partial charge in [-0.3, -0.25) is 0 Å². The Kier molecular flexibility index (Phi) is 3.56. The highest BCUT2D eigenvalue weighted by Crippen LogP contribution is 2.24. The molecule has 2 aromatic rings. The molecule has 1 aromatic heterocycles. The molecule has 2 nitrogen and oxygen atoms in total. The van der Waals surface area contributed by atoms with Crippen LogP contribution in [0.2, 0.25) is 5.02 Å². The van der Waals surface area contributed by atoms with Crippen LogP contribution in [0.4, 0.5) is 5.69 Å². The summed E-state index contributed by atoms with van der Waals surface area (Å²) in [5.41, 5.74) is 2.07. The monoisotopic (exact) mass is 299 g/mol. The second-order valence-corrected chi connectivity index (χ2v) is 4.72. The van der Waals surface area contributed by atoms with E-state index in [1.54, 1.807) is 6.26 Å². The largest absolute Gasteiger partial charge is 0.466 e. The molecule has 0 amide bonds. The topological polar surface area (TPSA) is 25.2 Å². The lowest BCUT2D eigenvalue weighted by atomic mass is 10.2. The van der Waals surface area contributed by atoms with Crippen LogP contribution in [-0.2, 0) is 6.54 Å². The van der Waals surface area contributed by atoms with Crippen LogP contribution in [0.5, 0.6) is 0 Å². The van der Waals surface area contributed by atoms with Gasteiger partial charge in [-0.2, -0.15) is 0 Å². The molecular weight excluding hydrogens is 289 g/mol. The van der Waals surface area contributed by atoms with E-state index in [1.807, 2.05) is 31.2 Å². The van der Waals surface area contributed by atoms with Crippen LogP contribution in [-0.4, -0.2) is 0 Å². The maximum Gasteiger partial charge on any atom is 0.136 e. The van der Waals surface area contributed by atoms with Gasteiger partial charge in [-0.15, -0.1) is 0 Å². The maximum absolute atomic E-state index is 6.03. The van der Waals surface area contributed by atoms with Crippen molar-refractivity contribution in [1.82, 2.24) is 0 Å². The van der Waals surface area contributed by atoms with Crippen molar-refractivity contribution >= 4 is 33.2 Å². The highest BCUT2D eigenvalue weighted by Gasteiger charge is 2.05. The summed E-state index contributed by atoms with van der Waals surface area (Å²) in [4.78, 5) is 0. The van der Waals surface area contributed by atoms with Crippen molar-refractivity contribution in [3.63, 3.8) is 0 Å². The fourth-order valence-corrected chi connectivity index (χ4v) is 1.94. The minimum Gasteiger partial charge on any atom is -0.466 e. The summed E-state index contributed by atoms with van der Waals surface area (Å²) < 4.78 is 6.29. The van der Waals surface area contributed by atoms with Gasteiger partial charge in [-0.25, -0.2) is 0 Å². The van der Waals surface area contributed by atoms with Crippen molar-refractivity contribution in [2.75, 3.05) is 5.32 Å². The molecule has 0 saturated heterocycles. The lowest BCUT2D eigenvalue weighted by molar-refractivity contribution is 0.516. The summed E-state index contributed by atoms with van der Waals surface area (Å²) in [6.45, 7) is 2.62. The van der Waals surface area contributed by atoms with Crippen LogP contribution >= 0.6 is 27.5 Å². The van der Waals surface area contributed by atoms with E-state index in [4.69, 9.17) is 16.0 Å². The van der Waals surface area contributed by atoms with Crippen LogP contribution in [0.1, 0.15) is 11.3 Å². The number of anilines is 1. The van der Waals surface area contributed by atoms with E-state index < -0.39 is 0 Å². The van der Waals surface area contributed by atoms with Crippen molar-refractivity contribution < 1.29 is 4.42 Å². The van der Waals surface area contributed by atoms with Crippen molar-refractivity contribution in [3.8, 4) is 0 Å². The van der Waals surface area contributed by atoms with Gasteiger partial charge in [0.2, 0.25) is 0 Å². The zero-order valence-electron chi connectivity index (χ0n) is 8.76. The van der Waals surface area contributed by atoms with Gasteiger partial charge >= 0.3 is 0 Å².